The minimum absolute atomic E-state index is 0.193. The maximum Gasteiger partial charge on any atom is 0.287 e. The maximum absolute atomic E-state index is 11.3. The van der Waals surface area contributed by atoms with Crippen LogP contribution in [0.5, 0.6) is 0 Å². The Bertz CT molecular complexity index is 518. The summed E-state index contributed by atoms with van der Waals surface area (Å²) in [6.45, 7) is 2.32. The molecule has 3 rings (SSSR count). The molecular formula is C14H22N4O3. The second-order valence-corrected chi connectivity index (χ2v) is 6.18. The van der Waals surface area contributed by atoms with Crippen LogP contribution in [0, 0.1) is 5.92 Å². The molecule has 0 radical (unpaired) electrons. The predicted octanol–water partition coefficient (Wildman–Crippen LogP) is 0.405. The number of amides is 1. The van der Waals surface area contributed by atoms with E-state index in [1.807, 2.05) is 5.43 Å². The van der Waals surface area contributed by atoms with Crippen LogP contribution >= 0.6 is 0 Å². The monoisotopic (exact) mass is 294 g/mol. The van der Waals surface area contributed by atoms with Crippen molar-refractivity contribution in [2.24, 2.45) is 11.8 Å². The summed E-state index contributed by atoms with van der Waals surface area (Å²) >= 11 is 0. The Morgan fingerprint density at radius 2 is 2.43 bits per heavy atom. The summed E-state index contributed by atoms with van der Waals surface area (Å²) in [5, 5.41) is 14.4. The number of hydrogen-bond acceptors (Lipinski definition) is 6. The van der Waals surface area contributed by atoms with Crippen molar-refractivity contribution in [3.63, 3.8) is 0 Å². The lowest BCUT2D eigenvalue weighted by Gasteiger charge is -2.47. The first-order chi connectivity index (χ1) is 10.1. The van der Waals surface area contributed by atoms with Crippen LogP contribution in [-0.2, 0) is 6.54 Å². The minimum Gasteiger partial charge on any atom is -0.390 e. The van der Waals surface area contributed by atoms with Crippen molar-refractivity contribution < 1.29 is 14.4 Å². The van der Waals surface area contributed by atoms with Gasteiger partial charge in [0.25, 0.3) is 5.91 Å². The van der Waals surface area contributed by atoms with Gasteiger partial charge >= 0.3 is 0 Å². The number of aliphatic hydroxyl groups is 1. The van der Waals surface area contributed by atoms with E-state index in [0.29, 0.717) is 18.2 Å². The molecule has 7 heteroatoms. The van der Waals surface area contributed by atoms with E-state index in [9.17, 15) is 9.90 Å². The van der Waals surface area contributed by atoms with Crippen LogP contribution in [-0.4, -0.2) is 39.8 Å². The van der Waals surface area contributed by atoms with Gasteiger partial charge in [-0.1, -0.05) is 18.0 Å². The number of aromatic nitrogens is 1. The van der Waals surface area contributed by atoms with Crippen LogP contribution in [0.3, 0.4) is 0 Å². The van der Waals surface area contributed by atoms with Crippen LogP contribution in [0.2, 0.25) is 0 Å². The summed E-state index contributed by atoms with van der Waals surface area (Å²) in [4.78, 5) is 13.6. The molecule has 21 heavy (non-hydrogen) atoms. The average molecular weight is 294 g/mol. The summed E-state index contributed by atoms with van der Waals surface area (Å²) in [7, 11) is 0. The van der Waals surface area contributed by atoms with Gasteiger partial charge in [-0.3, -0.25) is 15.1 Å². The molecule has 4 N–H and O–H groups in total. The van der Waals surface area contributed by atoms with E-state index in [4.69, 9.17) is 10.4 Å². The number of nitrogen functional groups attached to an aromatic ring is 1. The van der Waals surface area contributed by atoms with Crippen LogP contribution in [0.25, 0.3) is 0 Å². The van der Waals surface area contributed by atoms with E-state index in [1.165, 1.54) is 6.42 Å². The second-order valence-electron chi connectivity index (χ2n) is 6.18. The number of carbonyl (C=O) groups is 1. The molecule has 1 aliphatic heterocycles. The molecule has 0 spiro atoms. The summed E-state index contributed by atoms with van der Waals surface area (Å²) in [5.41, 5.74) is 1.75. The molecule has 1 amide bonds. The van der Waals surface area contributed by atoms with E-state index in [-0.39, 0.29) is 5.69 Å². The number of nitrogens with two attached hydrogens (primary N) is 1. The number of hydrazine groups is 1. The zero-order valence-corrected chi connectivity index (χ0v) is 12.0. The largest absolute Gasteiger partial charge is 0.390 e. The van der Waals surface area contributed by atoms with Gasteiger partial charge in [0.1, 0.15) is 0 Å². The lowest BCUT2D eigenvalue weighted by atomic mass is 9.71. The van der Waals surface area contributed by atoms with Crippen molar-refractivity contribution in [1.29, 1.82) is 0 Å². The highest BCUT2D eigenvalue weighted by molar-refractivity contribution is 5.91. The van der Waals surface area contributed by atoms with Gasteiger partial charge in [-0.2, -0.15) is 0 Å². The molecule has 1 aliphatic carbocycles. The Balaban J connectivity index is 1.61. The van der Waals surface area contributed by atoms with Crippen molar-refractivity contribution in [3.05, 3.63) is 17.5 Å². The number of hydrogen-bond donors (Lipinski definition) is 3. The fourth-order valence-electron chi connectivity index (χ4n) is 3.57. The fourth-order valence-corrected chi connectivity index (χ4v) is 3.57. The lowest BCUT2D eigenvalue weighted by Crippen LogP contribution is -2.52. The van der Waals surface area contributed by atoms with Gasteiger partial charge in [0.05, 0.1) is 12.1 Å². The van der Waals surface area contributed by atoms with Gasteiger partial charge in [0, 0.05) is 25.1 Å². The fraction of sp³-hybridized carbons (Fsp3) is 0.714. The number of nitrogens with zero attached hydrogens (tertiary/aromatic N) is 2. The molecule has 0 bridgehead atoms. The van der Waals surface area contributed by atoms with E-state index in [0.717, 1.165) is 38.8 Å². The standard InChI is InChI=1S/C14H22N4O3/c15-16-13(19)12-7-11(21-17-12)9-18-6-5-14(20)4-2-1-3-10(14)8-18/h7,10,20H,1-6,8-9,15H2,(H,16,19). The Labute approximate surface area is 123 Å². The number of fused-ring (bicyclic) bond motifs is 1. The van der Waals surface area contributed by atoms with Gasteiger partial charge < -0.3 is 9.63 Å². The highest BCUT2D eigenvalue weighted by atomic mass is 16.5. The summed E-state index contributed by atoms with van der Waals surface area (Å²) < 4.78 is 5.18. The van der Waals surface area contributed by atoms with Gasteiger partial charge in [-0.05, 0) is 19.3 Å². The Hall–Kier alpha value is -1.44. The highest BCUT2D eigenvalue weighted by Crippen LogP contribution is 2.40. The van der Waals surface area contributed by atoms with Gasteiger partial charge in [0.2, 0.25) is 0 Å². The topological polar surface area (TPSA) is 105 Å². The molecule has 2 aliphatic rings. The van der Waals surface area contributed by atoms with Crippen LogP contribution in [0.1, 0.15) is 48.4 Å². The molecule has 116 valence electrons. The number of carbonyl (C=O) groups excluding carboxylic acids is 1. The zero-order chi connectivity index (χ0) is 14.9. The quantitative estimate of drug-likeness (QED) is 0.423. The van der Waals surface area contributed by atoms with Crippen molar-refractivity contribution >= 4 is 5.91 Å². The van der Waals surface area contributed by atoms with Crippen molar-refractivity contribution in [2.75, 3.05) is 13.1 Å². The predicted molar refractivity (Wildman–Crippen MR) is 75.0 cm³/mol. The molecular weight excluding hydrogens is 272 g/mol. The highest BCUT2D eigenvalue weighted by Gasteiger charge is 2.42. The van der Waals surface area contributed by atoms with Gasteiger partial charge in [-0.15, -0.1) is 0 Å². The van der Waals surface area contributed by atoms with E-state index in [2.05, 4.69) is 10.1 Å². The molecule has 2 unspecified atom stereocenters. The second kappa shape index (κ2) is 5.75. The normalized spacial score (nSPS) is 29.9. The van der Waals surface area contributed by atoms with E-state index >= 15 is 0 Å². The molecule has 1 saturated carbocycles. The molecule has 1 aromatic rings. The number of nitrogens with one attached hydrogen (secondary N) is 1. The van der Waals surface area contributed by atoms with Crippen molar-refractivity contribution in [1.82, 2.24) is 15.5 Å². The number of likely N-dealkylation sites (tertiary alicyclic amines) is 1. The van der Waals surface area contributed by atoms with Crippen molar-refractivity contribution in [3.8, 4) is 0 Å². The van der Waals surface area contributed by atoms with E-state index in [1.54, 1.807) is 6.07 Å². The number of rotatable bonds is 3. The minimum atomic E-state index is -0.471. The summed E-state index contributed by atoms with van der Waals surface area (Å²) in [6, 6.07) is 1.61. The van der Waals surface area contributed by atoms with Crippen LogP contribution in [0.15, 0.2) is 10.6 Å². The van der Waals surface area contributed by atoms with E-state index < -0.39 is 11.5 Å². The Morgan fingerprint density at radius 3 is 3.24 bits per heavy atom. The Kier molecular flexibility index (Phi) is 3.97. The molecule has 1 aromatic heterocycles. The third-order valence-corrected chi connectivity index (χ3v) is 4.81. The van der Waals surface area contributed by atoms with Crippen molar-refractivity contribution in [2.45, 2.75) is 44.2 Å². The molecule has 2 heterocycles. The van der Waals surface area contributed by atoms with Crippen LogP contribution in [0.4, 0.5) is 0 Å². The zero-order valence-electron chi connectivity index (χ0n) is 12.0. The first kappa shape index (κ1) is 14.5. The first-order valence-corrected chi connectivity index (χ1v) is 7.52. The molecule has 0 aromatic carbocycles. The Morgan fingerprint density at radius 1 is 1.57 bits per heavy atom. The lowest BCUT2D eigenvalue weighted by molar-refractivity contribution is -0.0977. The third kappa shape index (κ3) is 2.95. The van der Waals surface area contributed by atoms with Gasteiger partial charge in [0.15, 0.2) is 11.5 Å². The SMILES string of the molecule is NNC(=O)c1cc(CN2CCC3(O)CCCCC3C2)on1. The number of piperidine rings is 1. The average Bonchev–Trinajstić information content (AvgIpc) is 2.95. The molecule has 2 atom stereocenters. The first-order valence-electron chi connectivity index (χ1n) is 7.52. The smallest absolute Gasteiger partial charge is 0.287 e. The maximum atomic E-state index is 11.3. The summed E-state index contributed by atoms with van der Waals surface area (Å²) in [6.07, 6.45) is 5.15. The molecule has 2 fully saturated rings. The third-order valence-electron chi connectivity index (χ3n) is 4.81. The van der Waals surface area contributed by atoms with Crippen LogP contribution < -0.4 is 11.3 Å². The summed E-state index contributed by atoms with van der Waals surface area (Å²) in [5.74, 6) is 5.60. The molecule has 1 saturated heterocycles. The van der Waals surface area contributed by atoms with Gasteiger partial charge in [-0.25, -0.2) is 5.84 Å². The molecule has 7 nitrogen and oxygen atoms in total.